The molecule has 2 rings (SSSR count). The predicted molar refractivity (Wildman–Crippen MR) is 120 cm³/mol. The number of nitrogens with one attached hydrogen (secondary N) is 1. The maximum absolute atomic E-state index is 6.48. The molecule has 2 aromatic carbocycles. The van der Waals surface area contributed by atoms with Crippen molar-refractivity contribution in [3.8, 4) is 11.5 Å². The van der Waals surface area contributed by atoms with Crippen LogP contribution in [0.1, 0.15) is 44.2 Å². The highest BCUT2D eigenvalue weighted by Crippen LogP contribution is 2.34. The van der Waals surface area contributed by atoms with E-state index in [0.717, 1.165) is 50.1 Å². The molecule has 0 saturated carbocycles. The van der Waals surface area contributed by atoms with Crippen molar-refractivity contribution in [1.82, 2.24) is 5.32 Å². The van der Waals surface area contributed by atoms with Crippen molar-refractivity contribution in [3.63, 3.8) is 0 Å². The molecule has 0 bridgehead atoms. The van der Waals surface area contributed by atoms with Crippen LogP contribution in [0.25, 0.3) is 0 Å². The number of unbranched alkanes of at least 4 members (excludes halogenated alkanes) is 1. The van der Waals surface area contributed by atoms with Crippen LogP contribution in [0, 0.1) is 0 Å². The lowest BCUT2D eigenvalue weighted by atomic mass is 10.2. The second-order valence-electron chi connectivity index (χ2n) is 6.74. The summed E-state index contributed by atoms with van der Waals surface area (Å²) in [6.45, 7) is 8.23. The van der Waals surface area contributed by atoms with Crippen LogP contribution >= 0.6 is 23.2 Å². The lowest BCUT2D eigenvalue weighted by molar-refractivity contribution is 0.129. The van der Waals surface area contributed by atoms with Crippen LogP contribution in [0.15, 0.2) is 36.4 Å². The number of benzene rings is 2. The first-order valence-electron chi connectivity index (χ1n) is 10.2. The molecule has 0 amide bonds. The number of rotatable bonds is 14. The molecule has 160 valence electrons. The van der Waals surface area contributed by atoms with E-state index in [4.69, 9.17) is 37.4 Å². The van der Waals surface area contributed by atoms with Gasteiger partial charge in [0.25, 0.3) is 0 Å². The minimum absolute atomic E-state index is 0.395. The topological polar surface area (TPSA) is 39.7 Å². The maximum Gasteiger partial charge on any atom is 0.163 e. The summed E-state index contributed by atoms with van der Waals surface area (Å²) >= 11 is 12.5. The standard InChI is InChI=1S/C23H31Cl2NO3/c1-3-5-11-27-12-7-10-26-16-19-14-22(28-4-2)23(15-21(19)25)29-17-18-8-6-9-20(24)13-18/h6,8-9,13-15,26H,3-5,7,10-12,16-17H2,1-2H3. The van der Waals surface area contributed by atoms with Crippen molar-refractivity contribution in [2.24, 2.45) is 0 Å². The van der Waals surface area contributed by atoms with E-state index in [1.54, 1.807) is 0 Å². The molecule has 0 atom stereocenters. The molecule has 4 nitrogen and oxygen atoms in total. The quantitative estimate of drug-likeness (QED) is 0.352. The molecule has 0 saturated heterocycles. The summed E-state index contributed by atoms with van der Waals surface area (Å²) in [5.74, 6) is 1.32. The highest BCUT2D eigenvalue weighted by atomic mass is 35.5. The minimum Gasteiger partial charge on any atom is -0.490 e. The third kappa shape index (κ3) is 8.83. The molecular formula is C23H31Cl2NO3. The molecule has 0 aliphatic rings. The van der Waals surface area contributed by atoms with Crippen molar-refractivity contribution in [3.05, 3.63) is 57.6 Å². The van der Waals surface area contributed by atoms with Crippen LogP contribution in [0.3, 0.4) is 0 Å². The Morgan fingerprint density at radius 3 is 2.48 bits per heavy atom. The average Bonchev–Trinajstić information content (AvgIpc) is 2.71. The zero-order valence-corrected chi connectivity index (χ0v) is 18.8. The first-order valence-corrected chi connectivity index (χ1v) is 11.0. The molecule has 0 heterocycles. The Kier molecular flexibility index (Phi) is 11.3. The lowest BCUT2D eigenvalue weighted by Gasteiger charge is -2.15. The molecule has 29 heavy (non-hydrogen) atoms. The van der Waals surface area contributed by atoms with Crippen LogP contribution in [-0.2, 0) is 17.9 Å². The third-order valence-corrected chi connectivity index (χ3v) is 4.88. The Bertz CT molecular complexity index is 740. The molecule has 0 unspecified atom stereocenters. The van der Waals surface area contributed by atoms with E-state index in [-0.39, 0.29) is 0 Å². The van der Waals surface area contributed by atoms with Crippen molar-refractivity contribution >= 4 is 23.2 Å². The van der Waals surface area contributed by atoms with Gasteiger partial charge in [0.05, 0.1) is 6.61 Å². The summed E-state index contributed by atoms with van der Waals surface area (Å²) in [6, 6.07) is 11.4. The fourth-order valence-corrected chi connectivity index (χ4v) is 3.19. The fourth-order valence-electron chi connectivity index (χ4n) is 2.75. The normalized spacial score (nSPS) is 10.9. The molecular weight excluding hydrogens is 409 g/mol. The zero-order chi connectivity index (χ0) is 20.9. The smallest absolute Gasteiger partial charge is 0.163 e. The summed E-state index contributed by atoms with van der Waals surface area (Å²) in [7, 11) is 0. The number of hydrogen-bond donors (Lipinski definition) is 1. The summed E-state index contributed by atoms with van der Waals surface area (Å²) in [5, 5.41) is 4.75. The van der Waals surface area contributed by atoms with E-state index in [9.17, 15) is 0 Å². The molecule has 0 fully saturated rings. The van der Waals surface area contributed by atoms with Crippen LogP contribution in [0.5, 0.6) is 11.5 Å². The summed E-state index contributed by atoms with van der Waals surface area (Å²) in [4.78, 5) is 0. The summed E-state index contributed by atoms with van der Waals surface area (Å²) < 4.78 is 17.3. The van der Waals surface area contributed by atoms with E-state index in [1.807, 2.05) is 43.3 Å². The summed E-state index contributed by atoms with van der Waals surface area (Å²) in [6.07, 6.45) is 3.26. The SMILES string of the molecule is CCCCOCCCNCc1cc(OCC)c(OCc2cccc(Cl)c2)cc1Cl. The number of halogens is 2. The van der Waals surface area contributed by atoms with Crippen LogP contribution in [0.4, 0.5) is 0 Å². The fraction of sp³-hybridized carbons (Fsp3) is 0.478. The van der Waals surface area contributed by atoms with Gasteiger partial charge in [-0.1, -0.05) is 48.7 Å². The molecule has 1 N–H and O–H groups in total. The van der Waals surface area contributed by atoms with Gasteiger partial charge < -0.3 is 19.5 Å². The lowest BCUT2D eigenvalue weighted by Crippen LogP contribution is -2.17. The molecule has 2 aromatic rings. The second-order valence-corrected chi connectivity index (χ2v) is 7.58. The van der Waals surface area contributed by atoms with Gasteiger partial charge in [-0.15, -0.1) is 0 Å². The zero-order valence-electron chi connectivity index (χ0n) is 17.3. The average molecular weight is 440 g/mol. The third-order valence-electron chi connectivity index (χ3n) is 4.30. The van der Waals surface area contributed by atoms with Crippen LogP contribution in [-0.4, -0.2) is 26.4 Å². The van der Waals surface area contributed by atoms with E-state index in [2.05, 4.69) is 12.2 Å². The van der Waals surface area contributed by atoms with E-state index in [0.29, 0.717) is 41.3 Å². The van der Waals surface area contributed by atoms with Crippen molar-refractivity contribution < 1.29 is 14.2 Å². The van der Waals surface area contributed by atoms with Gasteiger partial charge in [-0.2, -0.15) is 0 Å². The van der Waals surface area contributed by atoms with Gasteiger partial charge in [-0.25, -0.2) is 0 Å². The van der Waals surface area contributed by atoms with Crippen molar-refractivity contribution in [2.45, 2.75) is 46.3 Å². The van der Waals surface area contributed by atoms with Crippen molar-refractivity contribution in [2.75, 3.05) is 26.4 Å². The number of ether oxygens (including phenoxy) is 3. The Balaban J connectivity index is 1.89. The van der Waals surface area contributed by atoms with Crippen LogP contribution < -0.4 is 14.8 Å². The predicted octanol–water partition coefficient (Wildman–Crippen LogP) is 6.27. The molecule has 6 heteroatoms. The molecule has 0 aromatic heterocycles. The Morgan fingerprint density at radius 1 is 0.931 bits per heavy atom. The maximum atomic E-state index is 6.48. The highest BCUT2D eigenvalue weighted by Gasteiger charge is 2.11. The molecule has 0 radical (unpaired) electrons. The molecule has 0 aliphatic heterocycles. The van der Waals surface area contributed by atoms with Gasteiger partial charge in [0.1, 0.15) is 6.61 Å². The van der Waals surface area contributed by atoms with Gasteiger partial charge in [0.2, 0.25) is 0 Å². The Hall–Kier alpha value is -1.46. The van der Waals surface area contributed by atoms with E-state index >= 15 is 0 Å². The second kappa shape index (κ2) is 13.7. The van der Waals surface area contributed by atoms with Crippen LogP contribution in [0.2, 0.25) is 10.0 Å². The van der Waals surface area contributed by atoms with E-state index in [1.165, 1.54) is 0 Å². The Morgan fingerprint density at radius 2 is 1.72 bits per heavy atom. The van der Waals surface area contributed by atoms with Gasteiger partial charge in [0, 0.05) is 35.9 Å². The molecule has 0 spiro atoms. The van der Waals surface area contributed by atoms with Gasteiger partial charge in [0.15, 0.2) is 11.5 Å². The highest BCUT2D eigenvalue weighted by molar-refractivity contribution is 6.31. The van der Waals surface area contributed by atoms with Gasteiger partial charge in [-0.05, 0) is 55.6 Å². The van der Waals surface area contributed by atoms with Gasteiger partial charge in [-0.3, -0.25) is 0 Å². The number of hydrogen-bond acceptors (Lipinski definition) is 4. The largest absolute Gasteiger partial charge is 0.490 e. The molecule has 0 aliphatic carbocycles. The van der Waals surface area contributed by atoms with Crippen molar-refractivity contribution in [1.29, 1.82) is 0 Å². The van der Waals surface area contributed by atoms with Gasteiger partial charge >= 0.3 is 0 Å². The monoisotopic (exact) mass is 439 g/mol. The first kappa shape index (κ1) is 23.8. The minimum atomic E-state index is 0.395. The van der Waals surface area contributed by atoms with E-state index < -0.39 is 0 Å². The first-order chi connectivity index (χ1) is 14.1. The Labute approximate surface area is 184 Å². The summed E-state index contributed by atoms with van der Waals surface area (Å²) in [5.41, 5.74) is 1.97.